The van der Waals surface area contributed by atoms with Gasteiger partial charge in [0.05, 0.1) is 19.2 Å². The Morgan fingerprint density at radius 2 is 1.95 bits per heavy atom. The monoisotopic (exact) mass is 628 g/mol. The minimum atomic E-state index is -4.65. The summed E-state index contributed by atoms with van der Waals surface area (Å²) in [5, 5.41) is 11.0. The van der Waals surface area contributed by atoms with Gasteiger partial charge < -0.3 is 30.1 Å². The molecule has 0 aromatic carbocycles. The van der Waals surface area contributed by atoms with Crippen molar-refractivity contribution < 1.29 is 45.6 Å². The predicted molar refractivity (Wildman–Crippen MR) is 144 cm³/mol. The number of anilines is 1. The third-order valence-electron chi connectivity index (χ3n) is 8.61. The number of hydrogen-bond donors (Lipinski definition) is 3. The van der Waals surface area contributed by atoms with E-state index >= 15 is 0 Å². The van der Waals surface area contributed by atoms with Crippen LogP contribution in [0.3, 0.4) is 0 Å². The van der Waals surface area contributed by atoms with Gasteiger partial charge in [0.15, 0.2) is 5.69 Å². The Morgan fingerprint density at radius 3 is 2.57 bits per heavy atom. The van der Waals surface area contributed by atoms with Gasteiger partial charge in [-0.25, -0.2) is 18.6 Å². The number of rotatable bonds is 10. The largest absolute Gasteiger partial charge is 0.410 e. The quantitative estimate of drug-likeness (QED) is 0.329. The minimum absolute atomic E-state index is 0.0161. The van der Waals surface area contributed by atoms with Crippen LogP contribution in [0.2, 0.25) is 0 Å². The van der Waals surface area contributed by atoms with Crippen molar-refractivity contribution in [2.75, 3.05) is 25.6 Å². The third-order valence-corrected chi connectivity index (χ3v) is 8.61. The van der Waals surface area contributed by atoms with Gasteiger partial charge >= 0.3 is 12.2 Å². The van der Waals surface area contributed by atoms with E-state index in [-0.39, 0.29) is 36.9 Å². The van der Waals surface area contributed by atoms with Crippen molar-refractivity contribution in [3.05, 3.63) is 41.4 Å². The van der Waals surface area contributed by atoms with E-state index in [1.807, 2.05) is 5.32 Å². The lowest BCUT2D eigenvalue weighted by Crippen LogP contribution is -2.50. The molecule has 3 aliphatic rings. The van der Waals surface area contributed by atoms with Crippen molar-refractivity contribution in [3.63, 3.8) is 0 Å². The van der Waals surface area contributed by atoms with Crippen LogP contribution in [0.15, 0.2) is 29.1 Å². The molecule has 0 unspecified atom stereocenters. The van der Waals surface area contributed by atoms with E-state index in [0.717, 1.165) is 24.2 Å². The molecule has 2 aromatic rings. The predicted octanol–water partition coefficient (Wildman–Crippen LogP) is 4.54. The lowest BCUT2D eigenvalue weighted by atomic mass is 9.80. The van der Waals surface area contributed by atoms with Crippen molar-refractivity contribution in [1.29, 1.82) is 0 Å². The van der Waals surface area contributed by atoms with Crippen LogP contribution in [0, 0.1) is 5.92 Å². The number of carbonyl (C=O) groups is 3. The van der Waals surface area contributed by atoms with E-state index in [9.17, 15) is 36.3 Å². The molecular weight excluding hydrogens is 595 g/mol. The minimum Gasteiger partial charge on any atom is -0.382 e. The van der Waals surface area contributed by atoms with Gasteiger partial charge in [-0.3, -0.25) is 9.59 Å². The summed E-state index contributed by atoms with van der Waals surface area (Å²) in [5.74, 6) is -4.78. The summed E-state index contributed by atoms with van der Waals surface area (Å²) in [4.78, 5) is 44.5. The first kappa shape index (κ1) is 31.6. The summed E-state index contributed by atoms with van der Waals surface area (Å²) in [5.41, 5.74) is 0.998. The molecule has 11 nitrogen and oxygen atoms in total. The highest BCUT2D eigenvalue weighted by atomic mass is 19.4. The zero-order valence-electron chi connectivity index (χ0n) is 23.8. The van der Waals surface area contributed by atoms with Crippen LogP contribution in [0.5, 0.6) is 0 Å². The molecule has 44 heavy (non-hydrogen) atoms. The first-order valence-corrected chi connectivity index (χ1v) is 14.4. The highest BCUT2D eigenvalue weighted by Crippen LogP contribution is 2.39. The molecule has 16 heteroatoms. The Hall–Kier alpha value is -3.82. The molecule has 3 heterocycles. The molecule has 0 spiro atoms. The van der Waals surface area contributed by atoms with Gasteiger partial charge in [0.2, 0.25) is 11.8 Å². The van der Waals surface area contributed by atoms with Crippen LogP contribution in [0.1, 0.15) is 78.5 Å². The van der Waals surface area contributed by atoms with Crippen LogP contribution < -0.4 is 16.0 Å². The SMILES string of the molecule is COC[C@H](c1ccnc(NC(=O)[C@@H](NC(=O)c2nocc2C2CCC2)C2CCC(F)(F)CC2)c1)N1C[C@@H](C(F)(F)F)NC1=O. The number of nitrogens with zero attached hydrogens (tertiary/aromatic N) is 3. The summed E-state index contributed by atoms with van der Waals surface area (Å²) < 4.78 is 78.0. The number of carbonyl (C=O) groups excluding carboxylic acids is 3. The average Bonchev–Trinajstić information content (AvgIpc) is 3.57. The Morgan fingerprint density at radius 1 is 1.23 bits per heavy atom. The molecule has 240 valence electrons. The summed E-state index contributed by atoms with van der Waals surface area (Å²) in [6, 6.07) is -2.29. The molecule has 2 saturated carbocycles. The van der Waals surface area contributed by atoms with Crippen LogP contribution in [-0.4, -0.2) is 77.3 Å². The number of amides is 4. The van der Waals surface area contributed by atoms with Gasteiger partial charge in [0, 0.05) is 31.7 Å². The number of ether oxygens (including phenoxy) is 1. The van der Waals surface area contributed by atoms with Gasteiger partial charge in [-0.05, 0) is 55.2 Å². The number of nitrogens with one attached hydrogen (secondary N) is 3. The van der Waals surface area contributed by atoms with Crippen molar-refractivity contribution in [2.45, 2.75) is 81.1 Å². The van der Waals surface area contributed by atoms with Crippen LogP contribution in [-0.2, 0) is 9.53 Å². The molecule has 3 atom stereocenters. The summed E-state index contributed by atoms with van der Waals surface area (Å²) in [6.07, 6.45) is -0.142. The molecule has 3 fully saturated rings. The van der Waals surface area contributed by atoms with Crippen LogP contribution in [0.25, 0.3) is 0 Å². The Balaban J connectivity index is 1.35. The molecule has 0 radical (unpaired) electrons. The first-order chi connectivity index (χ1) is 20.9. The number of alkyl halides is 5. The lowest BCUT2D eigenvalue weighted by molar-refractivity contribution is -0.150. The van der Waals surface area contributed by atoms with Crippen LogP contribution >= 0.6 is 0 Å². The number of urea groups is 1. The van der Waals surface area contributed by atoms with Crippen molar-refractivity contribution in [1.82, 2.24) is 25.7 Å². The second kappa shape index (κ2) is 12.7. The van der Waals surface area contributed by atoms with Gasteiger partial charge in [0.1, 0.15) is 24.2 Å². The van der Waals surface area contributed by atoms with Crippen molar-refractivity contribution >= 4 is 23.7 Å². The highest BCUT2D eigenvalue weighted by molar-refractivity contribution is 6.00. The molecule has 2 aliphatic carbocycles. The number of hydrogen-bond acceptors (Lipinski definition) is 7. The smallest absolute Gasteiger partial charge is 0.382 e. The molecule has 2 aromatic heterocycles. The van der Waals surface area contributed by atoms with E-state index in [0.29, 0.717) is 11.1 Å². The van der Waals surface area contributed by atoms with E-state index in [1.54, 1.807) is 0 Å². The fourth-order valence-corrected chi connectivity index (χ4v) is 5.89. The van der Waals surface area contributed by atoms with E-state index in [2.05, 4.69) is 20.8 Å². The Labute approximate surface area is 249 Å². The van der Waals surface area contributed by atoms with Gasteiger partial charge in [-0.1, -0.05) is 11.6 Å². The second-order valence-electron chi connectivity index (χ2n) is 11.5. The Kier molecular flexibility index (Phi) is 9.09. The number of aromatic nitrogens is 2. The van der Waals surface area contributed by atoms with Crippen molar-refractivity contribution in [3.8, 4) is 0 Å². The fraction of sp³-hybridized carbons (Fsp3) is 0.607. The molecule has 3 N–H and O–H groups in total. The first-order valence-electron chi connectivity index (χ1n) is 14.4. The summed E-state index contributed by atoms with van der Waals surface area (Å²) in [7, 11) is 1.33. The van der Waals surface area contributed by atoms with Crippen LogP contribution in [0.4, 0.5) is 32.6 Å². The molecular formula is C28H33F5N6O5. The fourth-order valence-electron chi connectivity index (χ4n) is 5.89. The lowest BCUT2D eigenvalue weighted by Gasteiger charge is -2.33. The maximum atomic E-state index is 14.0. The zero-order chi connectivity index (χ0) is 31.6. The summed E-state index contributed by atoms with van der Waals surface area (Å²) in [6.45, 7) is -0.795. The normalized spacial score (nSPS) is 22.2. The zero-order valence-corrected chi connectivity index (χ0v) is 23.8. The van der Waals surface area contributed by atoms with Gasteiger partial charge in [-0.2, -0.15) is 13.2 Å². The van der Waals surface area contributed by atoms with Gasteiger partial charge in [0.25, 0.3) is 5.91 Å². The standard InChI is InChI=1S/C28H33F5N6O5/c1-43-14-19(39-12-20(28(31,32)33)35-26(39)42)17-7-10-34-21(11-17)36-24(40)22(16-5-8-27(29,30)9-6-16)37-25(41)23-18(13-44-38-23)15-3-2-4-15/h7,10-11,13,15-16,19-20,22H,2-6,8-9,12,14H2,1H3,(H,35,42)(H,37,41)(H,34,36,40)/t19-,20+,22+/m1/s1. The maximum absolute atomic E-state index is 14.0. The third kappa shape index (κ3) is 6.94. The van der Waals surface area contributed by atoms with Gasteiger partial charge in [-0.15, -0.1) is 0 Å². The molecule has 4 amide bonds. The van der Waals surface area contributed by atoms with E-state index in [1.165, 1.54) is 31.7 Å². The molecule has 1 aliphatic heterocycles. The number of methoxy groups -OCH3 is 1. The number of pyridine rings is 1. The topological polar surface area (TPSA) is 139 Å². The highest BCUT2D eigenvalue weighted by Gasteiger charge is 2.48. The molecule has 0 bridgehead atoms. The van der Waals surface area contributed by atoms with E-state index < -0.39 is 73.4 Å². The molecule has 1 saturated heterocycles. The summed E-state index contributed by atoms with van der Waals surface area (Å²) >= 11 is 0. The second-order valence-corrected chi connectivity index (χ2v) is 11.5. The van der Waals surface area contributed by atoms with E-state index in [4.69, 9.17) is 9.26 Å². The molecule has 5 rings (SSSR count). The number of halogens is 5. The van der Waals surface area contributed by atoms with Crippen molar-refractivity contribution in [2.24, 2.45) is 5.92 Å². The average molecular weight is 629 g/mol. The Bertz CT molecular complexity index is 1360. The maximum Gasteiger partial charge on any atom is 0.410 e.